The van der Waals surface area contributed by atoms with Crippen molar-refractivity contribution in [3.63, 3.8) is 0 Å². The number of nitrogens with zero attached hydrogens (tertiary/aromatic N) is 2. The molecular weight excluding hydrogens is 246 g/mol. The van der Waals surface area contributed by atoms with Crippen molar-refractivity contribution in [1.29, 1.82) is 0 Å². The van der Waals surface area contributed by atoms with E-state index in [1.165, 1.54) is 0 Å². The summed E-state index contributed by atoms with van der Waals surface area (Å²) in [7, 11) is 1.89. The molecule has 0 spiro atoms. The Morgan fingerprint density at radius 3 is 3.11 bits per heavy atom. The van der Waals surface area contributed by atoms with Gasteiger partial charge in [-0.1, -0.05) is 0 Å². The summed E-state index contributed by atoms with van der Waals surface area (Å²) in [6.45, 7) is 4.62. The average Bonchev–Trinajstić information content (AvgIpc) is 2.62. The molecule has 2 heterocycles. The number of rotatable bonds is 3. The number of nitrogens with one attached hydrogen (secondary N) is 1. The lowest BCUT2D eigenvalue weighted by molar-refractivity contribution is -0.135. The fourth-order valence-electron chi connectivity index (χ4n) is 2.33. The maximum Gasteiger partial charge on any atom is 0.225 e. The molecule has 1 N–H and O–H groups in total. The summed E-state index contributed by atoms with van der Waals surface area (Å²) in [6.07, 6.45) is 3.06. The molecule has 100 valence electrons. The van der Waals surface area contributed by atoms with Gasteiger partial charge in [0, 0.05) is 24.0 Å². The molecule has 0 radical (unpaired) electrons. The standard InChI is InChI=1S/C13H21N3OS/c1-10-9-18-12(15-10)8-16(2)13(17)11-4-3-6-14-7-5-11/h9,11,14H,3-8H2,1-2H3. The van der Waals surface area contributed by atoms with E-state index in [2.05, 4.69) is 10.3 Å². The maximum atomic E-state index is 12.3. The third-order valence-electron chi connectivity index (χ3n) is 3.34. The SMILES string of the molecule is Cc1csc(CN(C)C(=O)C2CCCNCC2)n1. The number of thiazole rings is 1. The van der Waals surface area contributed by atoms with Gasteiger partial charge < -0.3 is 10.2 Å². The van der Waals surface area contributed by atoms with Crippen LogP contribution in [0.4, 0.5) is 0 Å². The van der Waals surface area contributed by atoms with Crippen molar-refractivity contribution >= 4 is 17.2 Å². The first-order valence-corrected chi connectivity index (χ1v) is 7.41. The molecule has 2 rings (SSSR count). The molecule has 5 heteroatoms. The van der Waals surface area contributed by atoms with Gasteiger partial charge in [-0.25, -0.2) is 4.98 Å². The van der Waals surface area contributed by atoms with E-state index in [4.69, 9.17) is 0 Å². The number of carbonyl (C=O) groups excluding carboxylic acids is 1. The third kappa shape index (κ3) is 3.53. The third-order valence-corrected chi connectivity index (χ3v) is 4.29. The van der Waals surface area contributed by atoms with Crippen molar-refractivity contribution in [2.24, 2.45) is 5.92 Å². The van der Waals surface area contributed by atoms with Crippen LogP contribution in [-0.4, -0.2) is 35.9 Å². The summed E-state index contributed by atoms with van der Waals surface area (Å²) in [6, 6.07) is 0. The Morgan fingerprint density at radius 1 is 1.56 bits per heavy atom. The van der Waals surface area contributed by atoms with Crippen LogP contribution in [-0.2, 0) is 11.3 Å². The summed E-state index contributed by atoms with van der Waals surface area (Å²) >= 11 is 1.63. The van der Waals surface area contributed by atoms with Gasteiger partial charge in [0.25, 0.3) is 0 Å². The molecule has 0 saturated carbocycles. The second-order valence-corrected chi connectivity index (χ2v) is 5.90. The van der Waals surface area contributed by atoms with Crippen LogP contribution in [0.25, 0.3) is 0 Å². The molecule has 1 atom stereocenters. The first-order chi connectivity index (χ1) is 8.66. The average molecular weight is 267 g/mol. The molecule has 1 amide bonds. The Bertz CT molecular complexity index is 397. The molecular formula is C13H21N3OS. The summed E-state index contributed by atoms with van der Waals surface area (Å²) in [5.41, 5.74) is 1.04. The number of carbonyl (C=O) groups is 1. The Hall–Kier alpha value is -0.940. The van der Waals surface area contributed by atoms with Gasteiger partial charge in [-0.3, -0.25) is 4.79 Å². The summed E-state index contributed by atoms with van der Waals surface area (Å²) in [4.78, 5) is 18.6. The Morgan fingerprint density at radius 2 is 2.39 bits per heavy atom. The smallest absolute Gasteiger partial charge is 0.225 e. The highest BCUT2D eigenvalue weighted by Crippen LogP contribution is 2.18. The fraction of sp³-hybridized carbons (Fsp3) is 0.692. The van der Waals surface area contributed by atoms with Gasteiger partial charge in [-0.2, -0.15) is 0 Å². The molecule has 4 nitrogen and oxygen atoms in total. The maximum absolute atomic E-state index is 12.3. The van der Waals surface area contributed by atoms with E-state index in [1.54, 1.807) is 11.3 Å². The Labute approximate surface area is 112 Å². The summed E-state index contributed by atoms with van der Waals surface area (Å²) in [5.74, 6) is 0.456. The summed E-state index contributed by atoms with van der Waals surface area (Å²) in [5, 5.41) is 6.40. The van der Waals surface area contributed by atoms with Gasteiger partial charge in [-0.15, -0.1) is 11.3 Å². The van der Waals surface area contributed by atoms with Gasteiger partial charge in [0.15, 0.2) is 0 Å². The summed E-state index contributed by atoms with van der Waals surface area (Å²) < 4.78 is 0. The van der Waals surface area contributed by atoms with Crippen molar-refractivity contribution in [3.05, 3.63) is 16.1 Å². The zero-order valence-electron chi connectivity index (χ0n) is 11.1. The molecule has 1 aromatic heterocycles. The van der Waals surface area contributed by atoms with Crippen LogP contribution >= 0.6 is 11.3 Å². The van der Waals surface area contributed by atoms with Crippen LogP contribution < -0.4 is 5.32 Å². The lowest BCUT2D eigenvalue weighted by Crippen LogP contribution is -2.33. The van der Waals surface area contributed by atoms with Crippen molar-refractivity contribution in [2.75, 3.05) is 20.1 Å². The number of hydrogen-bond donors (Lipinski definition) is 1. The van der Waals surface area contributed by atoms with Crippen molar-refractivity contribution in [2.45, 2.75) is 32.7 Å². The highest BCUT2D eigenvalue weighted by Gasteiger charge is 2.23. The molecule has 1 aliphatic heterocycles. The zero-order valence-corrected chi connectivity index (χ0v) is 11.9. The van der Waals surface area contributed by atoms with Crippen LogP contribution in [0, 0.1) is 12.8 Å². The lowest BCUT2D eigenvalue weighted by Gasteiger charge is -2.21. The van der Waals surface area contributed by atoms with Crippen molar-refractivity contribution < 1.29 is 4.79 Å². The van der Waals surface area contributed by atoms with Crippen molar-refractivity contribution in [1.82, 2.24) is 15.2 Å². The normalized spacial score (nSPS) is 20.4. The molecule has 1 unspecified atom stereocenters. The minimum Gasteiger partial charge on any atom is -0.339 e. The molecule has 1 saturated heterocycles. The van der Waals surface area contributed by atoms with Crippen LogP contribution in [0.15, 0.2) is 5.38 Å². The minimum absolute atomic E-state index is 0.186. The monoisotopic (exact) mass is 267 g/mol. The zero-order chi connectivity index (χ0) is 13.0. The second-order valence-electron chi connectivity index (χ2n) is 4.95. The molecule has 0 aliphatic carbocycles. The van der Waals surface area contributed by atoms with E-state index < -0.39 is 0 Å². The predicted molar refractivity (Wildman–Crippen MR) is 73.5 cm³/mol. The number of hydrogen-bond acceptors (Lipinski definition) is 4. The van der Waals surface area contributed by atoms with Gasteiger partial charge in [0.05, 0.1) is 6.54 Å². The van der Waals surface area contributed by atoms with Gasteiger partial charge >= 0.3 is 0 Å². The predicted octanol–water partition coefficient (Wildman–Crippen LogP) is 1.80. The molecule has 1 aliphatic rings. The van der Waals surface area contributed by atoms with E-state index in [0.29, 0.717) is 6.54 Å². The van der Waals surface area contributed by atoms with Gasteiger partial charge in [0.1, 0.15) is 5.01 Å². The van der Waals surface area contributed by atoms with Crippen LogP contribution in [0.3, 0.4) is 0 Å². The molecule has 0 bridgehead atoms. The molecule has 0 aromatic carbocycles. The van der Waals surface area contributed by atoms with E-state index in [9.17, 15) is 4.79 Å². The quantitative estimate of drug-likeness (QED) is 0.908. The number of aromatic nitrogens is 1. The van der Waals surface area contributed by atoms with E-state index in [-0.39, 0.29) is 11.8 Å². The minimum atomic E-state index is 0.186. The highest BCUT2D eigenvalue weighted by atomic mass is 32.1. The molecule has 1 fully saturated rings. The Balaban J connectivity index is 1.91. The number of aryl methyl sites for hydroxylation is 1. The topological polar surface area (TPSA) is 45.2 Å². The Kier molecular flexibility index (Phi) is 4.72. The fourth-order valence-corrected chi connectivity index (χ4v) is 3.16. The highest BCUT2D eigenvalue weighted by molar-refractivity contribution is 7.09. The first kappa shape index (κ1) is 13.5. The van der Waals surface area contributed by atoms with Gasteiger partial charge in [-0.05, 0) is 39.3 Å². The van der Waals surface area contributed by atoms with Gasteiger partial charge in [0.2, 0.25) is 5.91 Å². The second kappa shape index (κ2) is 6.29. The lowest BCUT2D eigenvalue weighted by atomic mass is 9.99. The van der Waals surface area contributed by atoms with Crippen LogP contribution in [0.5, 0.6) is 0 Å². The van der Waals surface area contributed by atoms with E-state index in [1.807, 2.05) is 24.3 Å². The number of amides is 1. The van der Waals surface area contributed by atoms with E-state index in [0.717, 1.165) is 43.1 Å². The molecule has 18 heavy (non-hydrogen) atoms. The largest absolute Gasteiger partial charge is 0.339 e. The van der Waals surface area contributed by atoms with E-state index >= 15 is 0 Å². The van der Waals surface area contributed by atoms with Crippen LogP contribution in [0.2, 0.25) is 0 Å². The first-order valence-electron chi connectivity index (χ1n) is 6.53. The van der Waals surface area contributed by atoms with Crippen molar-refractivity contribution in [3.8, 4) is 0 Å². The van der Waals surface area contributed by atoms with Crippen LogP contribution in [0.1, 0.15) is 30.0 Å². The molecule has 1 aromatic rings.